The molecule has 3 amide bonds. The van der Waals surface area contributed by atoms with Crippen LogP contribution in [0.2, 0.25) is 0 Å². The lowest BCUT2D eigenvalue weighted by molar-refractivity contribution is -0.137. The first kappa shape index (κ1) is 25.7. The highest BCUT2D eigenvalue weighted by Crippen LogP contribution is 2.31. The van der Waals surface area contributed by atoms with Gasteiger partial charge >= 0.3 is 6.18 Å². The highest BCUT2D eigenvalue weighted by atomic mass is 19.4. The number of alkyl halides is 3. The van der Waals surface area contributed by atoms with Gasteiger partial charge in [0.25, 0.3) is 5.91 Å². The van der Waals surface area contributed by atoms with E-state index in [4.69, 9.17) is 4.74 Å². The molecule has 3 aromatic carbocycles. The van der Waals surface area contributed by atoms with Gasteiger partial charge in [0.05, 0.1) is 11.5 Å². The summed E-state index contributed by atoms with van der Waals surface area (Å²) in [5.41, 5.74) is 0.697. The summed E-state index contributed by atoms with van der Waals surface area (Å²) in [6, 6.07) is 20.2. The number of halogens is 3. The SMILES string of the molecule is O=C(COc1ccc(N2C[C@@H](C(=O)NCc3ccccc3)CC2=O)cc1)Nc1cccc(C(F)(F)F)c1. The number of rotatable bonds is 8. The molecule has 0 aromatic heterocycles. The van der Waals surface area contributed by atoms with Gasteiger partial charge in [-0.15, -0.1) is 0 Å². The van der Waals surface area contributed by atoms with Crippen molar-refractivity contribution in [2.24, 2.45) is 5.92 Å². The van der Waals surface area contributed by atoms with Crippen LogP contribution in [0.4, 0.5) is 24.5 Å². The van der Waals surface area contributed by atoms with Gasteiger partial charge in [-0.1, -0.05) is 36.4 Å². The van der Waals surface area contributed by atoms with Gasteiger partial charge in [-0.3, -0.25) is 14.4 Å². The summed E-state index contributed by atoms with van der Waals surface area (Å²) in [4.78, 5) is 38.7. The molecule has 1 heterocycles. The number of carbonyl (C=O) groups is 3. The van der Waals surface area contributed by atoms with E-state index in [0.29, 0.717) is 18.0 Å². The van der Waals surface area contributed by atoms with Crippen LogP contribution in [0, 0.1) is 5.92 Å². The van der Waals surface area contributed by atoms with Gasteiger partial charge < -0.3 is 20.3 Å². The molecule has 1 saturated heterocycles. The second kappa shape index (κ2) is 11.2. The molecule has 0 aliphatic carbocycles. The molecule has 1 aliphatic heterocycles. The molecule has 0 bridgehead atoms. The molecule has 2 N–H and O–H groups in total. The van der Waals surface area contributed by atoms with Gasteiger partial charge in [0.15, 0.2) is 6.61 Å². The zero-order chi connectivity index (χ0) is 26.4. The van der Waals surface area contributed by atoms with Gasteiger partial charge in [0, 0.05) is 30.9 Å². The molecule has 10 heteroatoms. The lowest BCUT2D eigenvalue weighted by Gasteiger charge is -2.17. The third-order valence-corrected chi connectivity index (χ3v) is 5.80. The highest BCUT2D eigenvalue weighted by Gasteiger charge is 2.35. The maximum absolute atomic E-state index is 12.8. The van der Waals surface area contributed by atoms with Crippen LogP contribution in [-0.4, -0.2) is 30.9 Å². The normalized spacial score (nSPS) is 15.4. The van der Waals surface area contributed by atoms with Crippen molar-refractivity contribution in [3.63, 3.8) is 0 Å². The average Bonchev–Trinajstić information content (AvgIpc) is 3.28. The van der Waals surface area contributed by atoms with Crippen molar-refractivity contribution in [2.45, 2.75) is 19.1 Å². The Balaban J connectivity index is 1.27. The summed E-state index contributed by atoms with van der Waals surface area (Å²) in [5.74, 6) is -1.11. The Kier molecular flexibility index (Phi) is 7.76. The van der Waals surface area contributed by atoms with Crippen molar-refractivity contribution in [2.75, 3.05) is 23.4 Å². The first-order valence-corrected chi connectivity index (χ1v) is 11.5. The standard InChI is InChI=1S/C27H24F3N3O4/c28-27(29,30)20-7-4-8-21(14-20)32-24(34)17-37-23-11-9-22(10-12-23)33-16-19(13-25(33)35)26(36)31-15-18-5-2-1-3-6-18/h1-12,14,19H,13,15-17H2,(H,31,36)(H,32,34)/t19-/m0/s1. The molecular weight excluding hydrogens is 487 g/mol. The van der Waals surface area contributed by atoms with Crippen molar-refractivity contribution in [3.05, 3.63) is 90.0 Å². The van der Waals surface area contributed by atoms with Crippen LogP contribution >= 0.6 is 0 Å². The van der Waals surface area contributed by atoms with Crippen LogP contribution in [0.5, 0.6) is 5.75 Å². The minimum atomic E-state index is -4.51. The average molecular weight is 512 g/mol. The summed E-state index contributed by atoms with van der Waals surface area (Å²) < 4.78 is 43.9. The van der Waals surface area contributed by atoms with Crippen LogP contribution in [-0.2, 0) is 27.1 Å². The van der Waals surface area contributed by atoms with Gasteiger partial charge in [-0.05, 0) is 48.0 Å². The fourth-order valence-electron chi connectivity index (χ4n) is 3.90. The molecule has 0 saturated carbocycles. The molecule has 4 rings (SSSR count). The van der Waals surface area contributed by atoms with E-state index in [2.05, 4.69) is 10.6 Å². The highest BCUT2D eigenvalue weighted by molar-refractivity contribution is 6.00. The third kappa shape index (κ3) is 6.87. The molecule has 1 fully saturated rings. The number of carbonyl (C=O) groups excluding carboxylic acids is 3. The number of nitrogens with zero attached hydrogens (tertiary/aromatic N) is 1. The predicted molar refractivity (Wildman–Crippen MR) is 131 cm³/mol. The van der Waals surface area contributed by atoms with Gasteiger partial charge in [-0.25, -0.2) is 0 Å². The van der Waals surface area contributed by atoms with E-state index in [0.717, 1.165) is 17.7 Å². The van der Waals surface area contributed by atoms with E-state index in [1.807, 2.05) is 30.3 Å². The van der Waals surface area contributed by atoms with E-state index in [-0.39, 0.29) is 30.5 Å². The minimum Gasteiger partial charge on any atom is -0.484 e. The first-order valence-electron chi connectivity index (χ1n) is 11.5. The smallest absolute Gasteiger partial charge is 0.416 e. The Morgan fingerprint density at radius 2 is 1.70 bits per heavy atom. The number of nitrogens with one attached hydrogen (secondary N) is 2. The maximum Gasteiger partial charge on any atom is 0.416 e. The van der Waals surface area contributed by atoms with Crippen LogP contribution in [0.1, 0.15) is 17.5 Å². The molecule has 1 atom stereocenters. The van der Waals surface area contributed by atoms with Crippen molar-refractivity contribution in [1.29, 1.82) is 0 Å². The Bertz CT molecular complexity index is 1260. The van der Waals surface area contributed by atoms with Gasteiger partial charge in [-0.2, -0.15) is 13.2 Å². The predicted octanol–water partition coefficient (Wildman–Crippen LogP) is 4.39. The molecular formula is C27H24F3N3O4. The summed E-state index contributed by atoms with van der Waals surface area (Å²) >= 11 is 0. The molecule has 0 spiro atoms. The molecule has 0 radical (unpaired) electrons. The number of hydrogen-bond acceptors (Lipinski definition) is 4. The zero-order valence-electron chi connectivity index (χ0n) is 19.6. The summed E-state index contributed by atoms with van der Waals surface area (Å²) in [6.45, 7) is 0.221. The van der Waals surface area contributed by atoms with Crippen LogP contribution in [0.3, 0.4) is 0 Å². The fraction of sp³-hybridized carbons (Fsp3) is 0.222. The number of ether oxygens (including phenoxy) is 1. The fourth-order valence-corrected chi connectivity index (χ4v) is 3.90. The number of benzene rings is 3. The van der Waals surface area contributed by atoms with E-state index >= 15 is 0 Å². The second-order valence-electron chi connectivity index (χ2n) is 8.52. The molecule has 1 aliphatic rings. The molecule has 0 unspecified atom stereocenters. The van der Waals surface area contributed by atoms with E-state index < -0.39 is 30.2 Å². The number of anilines is 2. The minimum absolute atomic E-state index is 0.00804. The van der Waals surface area contributed by atoms with Crippen molar-refractivity contribution in [3.8, 4) is 5.75 Å². The van der Waals surface area contributed by atoms with Gasteiger partial charge in [0.2, 0.25) is 11.8 Å². The lowest BCUT2D eigenvalue weighted by Crippen LogP contribution is -2.32. The second-order valence-corrected chi connectivity index (χ2v) is 8.52. The molecule has 37 heavy (non-hydrogen) atoms. The summed E-state index contributed by atoms with van der Waals surface area (Å²) in [7, 11) is 0. The van der Waals surface area contributed by atoms with E-state index in [1.165, 1.54) is 17.0 Å². The quantitative estimate of drug-likeness (QED) is 0.470. The van der Waals surface area contributed by atoms with Gasteiger partial charge in [0.1, 0.15) is 5.75 Å². The van der Waals surface area contributed by atoms with E-state index in [9.17, 15) is 27.6 Å². The molecule has 3 aromatic rings. The van der Waals surface area contributed by atoms with Crippen molar-refractivity contribution < 1.29 is 32.3 Å². The number of amides is 3. The largest absolute Gasteiger partial charge is 0.484 e. The van der Waals surface area contributed by atoms with E-state index in [1.54, 1.807) is 24.3 Å². The first-order chi connectivity index (χ1) is 17.7. The Morgan fingerprint density at radius 3 is 2.41 bits per heavy atom. The summed E-state index contributed by atoms with van der Waals surface area (Å²) in [5, 5.41) is 5.23. The Morgan fingerprint density at radius 1 is 0.973 bits per heavy atom. The number of hydrogen-bond donors (Lipinski definition) is 2. The molecule has 192 valence electrons. The maximum atomic E-state index is 12.8. The third-order valence-electron chi connectivity index (χ3n) is 5.80. The zero-order valence-corrected chi connectivity index (χ0v) is 19.6. The monoisotopic (exact) mass is 511 g/mol. The van der Waals surface area contributed by atoms with Crippen molar-refractivity contribution in [1.82, 2.24) is 5.32 Å². The Labute approximate surface area is 211 Å². The molecule has 7 nitrogen and oxygen atoms in total. The van der Waals surface area contributed by atoms with Crippen LogP contribution < -0.4 is 20.3 Å². The topological polar surface area (TPSA) is 87.7 Å². The lowest BCUT2D eigenvalue weighted by atomic mass is 10.1. The van der Waals surface area contributed by atoms with Crippen molar-refractivity contribution >= 4 is 29.1 Å². The summed E-state index contributed by atoms with van der Waals surface area (Å²) in [6.07, 6.45) is -4.41. The Hall–Kier alpha value is -4.34. The van der Waals surface area contributed by atoms with Crippen LogP contribution in [0.25, 0.3) is 0 Å². The van der Waals surface area contributed by atoms with Crippen LogP contribution in [0.15, 0.2) is 78.9 Å².